The Bertz CT molecular complexity index is 588. The van der Waals surface area contributed by atoms with Gasteiger partial charge in [0.1, 0.15) is 6.29 Å². The zero-order valence-corrected chi connectivity index (χ0v) is 10.9. The monoisotopic (exact) mass is 285 g/mol. The first kappa shape index (κ1) is 13.9. The molecular weight excluding hydrogens is 270 g/mol. The summed E-state index contributed by atoms with van der Waals surface area (Å²) >= 11 is 0. The van der Waals surface area contributed by atoms with Crippen molar-refractivity contribution in [1.82, 2.24) is 9.03 Å². The third-order valence-corrected chi connectivity index (χ3v) is 4.38. The van der Waals surface area contributed by atoms with E-state index in [-0.39, 0.29) is 19.7 Å². The van der Waals surface area contributed by atoms with E-state index in [1.54, 1.807) is 18.2 Å². The van der Waals surface area contributed by atoms with Gasteiger partial charge in [-0.15, -0.1) is 0 Å². The van der Waals surface area contributed by atoms with Crippen molar-refractivity contribution in [3.63, 3.8) is 0 Å². The number of rotatable bonds is 4. The smallest absolute Gasteiger partial charge is 0.280 e. The van der Waals surface area contributed by atoms with Gasteiger partial charge >= 0.3 is 0 Å². The van der Waals surface area contributed by atoms with Crippen LogP contribution in [0.1, 0.15) is 11.1 Å². The van der Waals surface area contributed by atoms with Gasteiger partial charge in [0.15, 0.2) is 0 Å². The minimum Gasteiger partial charge on any atom is -0.399 e. The van der Waals surface area contributed by atoms with E-state index in [1.165, 1.54) is 4.31 Å². The van der Waals surface area contributed by atoms with Crippen LogP contribution in [0.15, 0.2) is 18.2 Å². The third kappa shape index (κ3) is 3.10. The van der Waals surface area contributed by atoms with E-state index in [9.17, 15) is 13.2 Å². The maximum absolute atomic E-state index is 11.8. The van der Waals surface area contributed by atoms with Crippen molar-refractivity contribution in [3.05, 3.63) is 29.3 Å². The molecule has 1 aliphatic heterocycles. The second kappa shape index (κ2) is 5.25. The van der Waals surface area contributed by atoms with Gasteiger partial charge in [-0.2, -0.15) is 17.4 Å². The highest BCUT2D eigenvalue weighted by Gasteiger charge is 2.34. The van der Waals surface area contributed by atoms with E-state index in [2.05, 4.69) is 4.72 Å². The molecule has 0 spiro atoms. The van der Waals surface area contributed by atoms with Crippen LogP contribution in [0.2, 0.25) is 0 Å². The molecule has 0 radical (unpaired) electrons. The molecule has 1 unspecified atom stereocenters. The normalized spacial score (nSPS) is 22.5. The molecule has 1 atom stereocenters. The van der Waals surface area contributed by atoms with Gasteiger partial charge < -0.3 is 15.6 Å². The second-order valence-corrected chi connectivity index (χ2v) is 6.10. The summed E-state index contributed by atoms with van der Waals surface area (Å²) in [6, 6.07) is 4.22. The van der Waals surface area contributed by atoms with Crippen LogP contribution in [0.3, 0.4) is 0 Å². The first-order valence-electron chi connectivity index (χ1n) is 5.66. The van der Waals surface area contributed by atoms with Crippen molar-refractivity contribution >= 4 is 22.2 Å². The Balaban J connectivity index is 2.21. The number of carbonyl (C=O) groups is 1. The predicted octanol–water partition coefficient (Wildman–Crippen LogP) is -1.02. The van der Waals surface area contributed by atoms with Gasteiger partial charge in [0.2, 0.25) is 0 Å². The van der Waals surface area contributed by atoms with Crippen molar-refractivity contribution in [2.45, 2.75) is 19.2 Å². The van der Waals surface area contributed by atoms with Crippen LogP contribution in [-0.4, -0.2) is 36.7 Å². The lowest BCUT2D eigenvalue weighted by Gasteiger charge is -2.14. The minimum atomic E-state index is -3.63. The summed E-state index contributed by atoms with van der Waals surface area (Å²) in [5.41, 5.74) is 7.42. The van der Waals surface area contributed by atoms with E-state index in [0.717, 1.165) is 0 Å². The Hall–Kier alpha value is -1.48. The number of carbonyl (C=O) groups excluding carboxylic acids is 1. The number of nitrogens with two attached hydrogens (primary N) is 1. The maximum Gasteiger partial charge on any atom is 0.280 e. The van der Waals surface area contributed by atoms with Crippen molar-refractivity contribution in [2.24, 2.45) is 0 Å². The van der Waals surface area contributed by atoms with Crippen LogP contribution in [-0.2, 0) is 28.2 Å². The van der Waals surface area contributed by atoms with Crippen LogP contribution in [0.25, 0.3) is 0 Å². The summed E-state index contributed by atoms with van der Waals surface area (Å²) in [6.07, 6.45) is 0.566. The van der Waals surface area contributed by atoms with Gasteiger partial charge in [-0.25, -0.2) is 0 Å². The van der Waals surface area contributed by atoms with Gasteiger partial charge in [0.25, 0.3) is 10.2 Å². The van der Waals surface area contributed by atoms with Gasteiger partial charge in [0.05, 0.1) is 12.6 Å². The molecule has 0 saturated carbocycles. The fraction of sp³-hybridized carbons (Fsp3) is 0.364. The summed E-state index contributed by atoms with van der Waals surface area (Å²) in [4.78, 5) is 10.6. The number of aldehydes is 1. The molecular formula is C11H15N3O4S. The number of benzene rings is 1. The Labute approximate surface area is 111 Å². The number of hydrogen-bond donors (Lipinski definition) is 3. The molecule has 4 N–H and O–H groups in total. The lowest BCUT2D eigenvalue weighted by molar-refractivity contribution is -0.109. The van der Waals surface area contributed by atoms with Crippen LogP contribution in [0.5, 0.6) is 0 Å². The number of nitrogens with one attached hydrogen (secondary N) is 1. The fourth-order valence-electron chi connectivity index (χ4n) is 2.02. The fourth-order valence-corrected chi connectivity index (χ4v) is 3.36. The number of aliphatic hydroxyl groups excluding tert-OH is 1. The van der Waals surface area contributed by atoms with Crippen molar-refractivity contribution in [3.8, 4) is 0 Å². The van der Waals surface area contributed by atoms with Gasteiger partial charge in [-0.1, -0.05) is 6.07 Å². The van der Waals surface area contributed by atoms with Crippen LogP contribution in [0, 0.1) is 0 Å². The molecule has 7 nitrogen and oxygen atoms in total. The number of hydrogen-bond acceptors (Lipinski definition) is 5. The quantitative estimate of drug-likeness (QED) is 0.484. The third-order valence-electron chi connectivity index (χ3n) is 2.82. The summed E-state index contributed by atoms with van der Waals surface area (Å²) < 4.78 is 26.9. The Morgan fingerprint density at radius 3 is 2.68 bits per heavy atom. The molecule has 2 rings (SSSR count). The Morgan fingerprint density at radius 1 is 1.42 bits per heavy atom. The van der Waals surface area contributed by atoms with Gasteiger partial charge in [0, 0.05) is 18.8 Å². The van der Waals surface area contributed by atoms with Crippen molar-refractivity contribution < 1.29 is 18.3 Å². The largest absolute Gasteiger partial charge is 0.399 e. The van der Waals surface area contributed by atoms with E-state index in [4.69, 9.17) is 10.8 Å². The number of aliphatic hydroxyl groups is 1. The van der Waals surface area contributed by atoms with Gasteiger partial charge in [-0.3, -0.25) is 0 Å². The second-order valence-electron chi connectivity index (χ2n) is 4.40. The molecule has 1 fully saturated rings. The molecule has 1 heterocycles. The van der Waals surface area contributed by atoms with Crippen molar-refractivity contribution in [2.75, 3.05) is 12.3 Å². The first-order valence-corrected chi connectivity index (χ1v) is 7.10. The maximum atomic E-state index is 11.8. The summed E-state index contributed by atoms with van der Waals surface area (Å²) in [6.45, 7) is 0.0345. The average molecular weight is 285 g/mol. The molecule has 1 aromatic carbocycles. The molecule has 1 aliphatic rings. The molecule has 104 valence electrons. The average Bonchev–Trinajstić information content (AvgIpc) is 2.63. The van der Waals surface area contributed by atoms with Crippen LogP contribution >= 0.6 is 0 Å². The summed E-state index contributed by atoms with van der Waals surface area (Å²) in [7, 11) is -3.63. The molecule has 19 heavy (non-hydrogen) atoms. The standard InChI is InChI=1S/C11H15N3O4S/c12-10-2-8(1-9(3-10)6-15)4-14-5-11(7-16)13-19(14,17)18/h1-3,7,11,13,15H,4-6,12H2. The van der Waals surface area contributed by atoms with E-state index in [0.29, 0.717) is 23.1 Å². The molecule has 1 aromatic rings. The molecule has 0 aliphatic carbocycles. The van der Waals surface area contributed by atoms with Crippen molar-refractivity contribution in [1.29, 1.82) is 0 Å². The SMILES string of the molecule is Nc1cc(CO)cc(CN2CC(C=O)NS2(=O)=O)c1. The molecule has 1 saturated heterocycles. The van der Waals surface area contributed by atoms with Gasteiger partial charge in [-0.05, 0) is 23.3 Å². The topological polar surface area (TPSA) is 113 Å². The zero-order valence-electron chi connectivity index (χ0n) is 10.1. The minimum absolute atomic E-state index is 0.0924. The summed E-state index contributed by atoms with van der Waals surface area (Å²) in [5.74, 6) is 0. The predicted molar refractivity (Wildman–Crippen MR) is 69.1 cm³/mol. The molecule has 0 amide bonds. The highest BCUT2D eigenvalue weighted by atomic mass is 32.2. The Morgan fingerprint density at radius 2 is 2.11 bits per heavy atom. The molecule has 0 bridgehead atoms. The van der Waals surface area contributed by atoms with E-state index >= 15 is 0 Å². The number of nitrogens with zero attached hydrogens (tertiary/aromatic N) is 1. The highest BCUT2D eigenvalue weighted by molar-refractivity contribution is 7.87. The first-order chi connectivity index (χ1) is 8.94. The Kier molecular flexibility index (Phi) is 3.85. The van der Waals surface area contributed by atoms with Crippen LogP contribution < -0.4 is 10.5 Å². The zero-order chi connectivity index (χ0) is 14.0. The molecule has 8 heteroatoms. The van der Waals surface area contributed by atoms with E-state index in [1.807, 2.05) is 0 Å². The number of anilines is 1. The van der Waals surface area contributed by atoms with Crippen LogP contribution in [0.4, 0.5) is 5.69 Å². The lowest BCUT2D eigenvalue weighted by Crippen LogP contribution is -2.30. The highest BCUT2D eigenvalue weighted by Crippen LogP contribution is 2.18. The lowest BCUT2D eigenvalue weighted by atomic mass is 10.1. The summed E-state index contributed by atoms with van der Waals surface area (Å²) in [5, 5.41) is 9.08. The van der Waals surface area contributed by atoms with E-state index < -0.39 is 16.3 Å². The molecule has 0 aromatic heterocycles. The number of nitrogen functional groups attached to an aromatic ring is 1.